The van der Waals surface area contributed by atoms with E-state index in [-0.39, 0.29) is 10.2 Å². The highest BCUT2D eigenvalue weighted by molar-refractivity contribution is 8.14. The van der Waals surface area contributed by atoms with Gasteiger partial charge in [0.15, 0.2) is 10.2 Å². The van der Waals surface area contributed by atoms with Gasteiger partial charge in [0.05, 0.1) is 0 Å². The second-order valence-electron chi connectivity index (χ2n) is 16.7. The minimum atomic E-state index is 0.208. The highest BCUT2D eigenvalue weighted by Crippen LogP contribution is 2.25. The molecule has 0 rings (SSSR count). The molecule has 0 bridgehead atoms. The fourth-order valence-electron chi connectivity index (χ4n) is 7.56. The fraction of sp³-hybridized carbons (Fsp3) is 0.958. The number of hydrogen-bond acceptors (Lipinski definition) is 4. The summed E-state index contributed by atoms with van der Waals surface area (Å²) in [5.41, 5.74) is 0. The summed E-state index contributed by atoms with van der Waals surface area (Å²) in [7, 11) is 0. The van der Waals surface area contributed by atoms with Gasteiger partial charge < -0.3 is 0 Å². The summed E-state index contributed by atoms with van der Waals surface area (Å²) < 4.78 is 0. The number of carbonyl (C=O) groups excluding carboxylic acids is 2. The normalized spacial score (nSPS) is 12.8. The standard InChI is InChI=1S/C48H94O2S2/c1-5-7-9-11-13-15-17-19-21-23-25-27-29-31-33-35-37-39-41-45(3)51-47(49)43-44-48(50)52-46(4)42-40-38-36-34-32-30-28-26-24-22-20-18-16-14-12-10-8-6-2/h45-46H,5-44H2,1-4H3. The monoisotopic (exact) mass is 767 g/mol. The summed E-state index contributed by atoms with van der Waals surface area (Å²) in [6.07, 6.45) is 53.6. The van der Waals surface area contributed by atoms with E-state index in [1.54, 1.807) is 0 Å². The third-order valence-corrected chi connectivity index (χ3v) is 13.3. The molecule has 0 fully saturated rings. The Morgan fingerprint density at radius 3 is 0.673 bits per heavy atom. The van der Waals surface area contributed by atoms with E-state index in [9.17, 15) is 9.59 Å². The Morgan fingerprint density at radius 1 is 0.308 bits per heavy atom. The van der Waals surface area contributed by atoms with Crippen molar-refractivity contribution in [1.29, 1.82) is 0 Å². The van der Waals surface area contributed by atoms with Gasteiger partial charge in [-0.25, -0.2) is 0 Å². The molecular weight excluding hydrogens is 673 g/mol. The molecule has 0 heterocycles. The van der Waals surface area contributed by atoms with E-state index >= 15 is 0 Å². The molecule has 2 unspecified atom stereocenters. The Balaban J connectivity index is 3.44. The van der Waals surface area contributed by atoms with E-state index in [1.807, 2.05) is 0 Å². The molecule has 0 N–H and O–H groups in total. The summed E-state index contributed by atoms with van der Waals surface area (Å²) in [5.74, 6) is 0. The minimum Gasteiger partial charge on any atom is -0.287 e. The van der Waals surface area contributed by atoms with Crippen LogP contribution in [0.4, 0.5) is 0 Å². The third kappa shape index (κ3) is 42.8. The molecule has 0 radical (unpaired) electrons. The quantitative estimate of drug-likeness (QED) is 0.0579. The zero-order valence-corrected chi connectivity index (χ0v) is 37.7. The van der Waals surface area contributed by atoms with E-state index in [0.717, 1.165) is 12.8 Å². The van der Waals surface area contributed by atoms with Crippen molar-refractivity contribution in [2.45, 2.75) is 295 Å². The number of hydrogen-bond donors (Lipinski definition) is 0. The molecule has 2 nitrogen and oxygen atoms in total. The van der Waals surface area contributed by atoms with E-state index in [0.29, 0.717) is 23.3 Å². The van der Waals surface area contributed by atoms with Crippen LogP contribution in [-0.2, 0) is 9.59 Å². The molecular formula is C48H94O2S2. The smallest absolute Gasteiger partial charge is 0.189 e. The van der Waals surface area contributed by atoms with Crippen molar-refractivity contribution in [2.24, 2.45) is 0 Å². The Bertz CT molecular complexity index is 665. The lowest BCUT2D eigenvalue weighted by molar-refractivity contribution is -0.115. The van der Waals surface area contributed by atoms with Crippen LogP contribution in [0.3, 0.4) is 0 Å². The summed E-state index contributed by atoms with van der Waals surface area (Å²) in [5, 5.41) is 1.17. The van der Waals surface area contributed by atoms with Crippen LogP contribution in [0, 0.1) is 0 Å². The number of unbranched alkanes of at least 4 members (excludes halogenated alkanes) is 34. The van der Waals surface area contributed by atoms with Crippen molar-refractivity contribution in [3.8, 4) is 0 Å². The first-order chi connectivity index (χ1) is 25.5. The van der Waals surface area contributed by atoms with Crippen molar-refractivity contribution < 1.29 is 9.59 Å². The zero-order chi connectivity index (χ0) is 38.0. The van der Waals surface area contributed by atoms with Crippen LogP contribution >= 0.6 is 23.5 Å². The molecule has 0 saturated heterocycles. The van der Waals surface area contributed by atoms with Gasteiger partial charge in [-0.3, -0.25) is 9.59 Å². The molecule has 4 heteroatoms. The maximum absolute atomic E-state index is 12.5. The molecule has 0 aromatic rings. The highest BCUT2D eigenvalue weighted by Gasteiger charge is 2.14. The van der Waals surface area contributed by atoms with Crippen LogP contribution in [-0.4, -0.2) is 20.7 Å². The van der Waals surface area contributed by atoms with Crippen molar-refractivity contribution in [1.82, 2.24) is 0 Å². The molecule has 0 saturated carbocycles. The third-order valence-electron chi connectivity index (χ3n) is 11.1. The average molecular weight is 767 g/mol. The van der Waals surface area contributed by atoms with E-state index in [4.69, 9.17) is 0 Å². The van der Waals surface area contributed by atoms with Crippen LogP contribution in [0.15, 0.2) is 0 Å². The van der Waals surface area contributed by atoms with Crippen LogP contribution in [0.2, 0.25) is 0 Å². The Hall–Kier alpha value is 0.0400. The molecule has 0 aliphatic rings. The predicted octanol–water partition coefficient (Wildman–Crippen LogP) is 17.9. The SMILES string of the molecule is CCCCCCCCCCCCCCCCCCCCC(C)SC(=O)CCC(=O)SC(C)CCCCCCCCCCCCCCCCCCCC. The van der Waals surface area contributed by atoms with Crippen molar-refractivity contribution in [2.75, 3.05) is 0 Å². The maximum Gasteiger partial charge on any atom is 0.189 e. The number of thioether (sulfide) groups is 2. The first-order valence-corrected chi connectivity index (χ1v) is 25.6. The van der Waals surface area contributed by atoms with Gasteiger partial charge in [0.1, 0.15) is 0 Å². The van der Waals surface area contributed by atoms with E-state index < -0.39 is 0 Å². The number of rotatable bonds is 43. The van der Waals surface area contributed by atoms with Gasteiger partial charge in [-0.1, -0.05) is 282 Å². The van der Waals surface area contributed by atoms with Crippen LogP contribution in [0.25, 0.3) is 0 Å². The summed E-state index contributed by atoms with van der Waals surface area (Å²) in [6.45, 7) is 8.97. The van der Waals surface area contributed by atoms with E-state index in [2.05, 4.69) is 27.7 Å². The lowest BCUT2D eigenvalue weighted by Crippen LogP contribution is -2.07. The first kappa shape index (κ1) is 52.0. The first-order valence-electron chi connectivity index (χ1n) is 23.9. The van der Waals surface area contributed by atoms with Crippen LogP contribution < -0.4 is 0 Å². The molecule has 0 aliphatic heterocycles. The van der Waals surface area contributed by atoms with Gasteiger partial charge in [-0.05, 0) is 12.8 Å². The van der Waals surface area contributed by atoms with Crippen molar-refractivity contribution in [3.63, 3.8) is 0 Å². The Morgan fingerprint density at radius 2 is 0.481 bits per heavy atom. The molecule has 0 amide bonds. The maximum atomic E-state index is 12.5. The largest absolute Gasteiger partial charge is 0.287 e. The second-order valence-corrected chi connectivity index (χ2v) is 19.7. The molecule has 0 spiro atoms. The summed E-state index contributed by atoms with van der Waals surface area (Å²) in [6, 6.07) is 0. The highest BCUT2D eigenvalue weighted by atomic mass is 32.2. The Kier molecular flexibility index (Phi) is 43.8. The van der Waals surface area contributed by atoms with E-state index in [1.165, 1.54) is 255 Å². The molecule has 0 aromatic carbocycles. The van der Waals surface area contributed by atoms with Crippen LogP contribution in [0.1, 0.15) is 285 Å². The molecule has 0 aromatic heterocycles. The topological polar surface area (TPSA) is 34.1 Å². The average Bonchev–Trinajstić information content (AvgIpc) is 3.13. The van der Waals surface area contributed by atoms with Gasteiger partial charge in [-0.2, -0.15) is 0 Å². The van der Waals surface area contributed by atoms with Gasteiger partial charge in [-0.15, -0.1) is 0 Å². The molecule has 310 valence electrons. The zero-order valence-electron chi connectivity index (χ0n) is 36.1. The van der Waals surface area contributed by atoms with Crippen LogP contribution in [0.5, 0.6) is 0 Å². The number of carbonyl (C=O) groups is 2. The molecule has 2 atom stereocenters. The molecule has 0 aliphatic carbocycles. The fourth-order valence-corrected chi connectivity index (χ4v) is 9.46. The van der Waals surface area contributed by atoms with Gasteiger partial charge in [0.2, 0.25) is 0 Å². The Labute approximate surface area is 336 Å². The lowest BCUT2D eigenvalue weighted by atomic mass is 10.0. The summed E-state index contributed by atoms with van der Waals surface area (Å²) >= 11 is 2.97. The molecule has 52 heavy (non-hydrogen) atoms. The predicted molar refractivity (Wildman–Crippen MR) is 240 cm³/mol. The van der Waals surface area contributed by atoms with Gasteiger partial charge >= 0.3 is 0 Å². The minimum absolute atomic E-state index is 0.208. The summed E-state index contributed by atoms with van der Waals surface area (Å²) in [4.78, 5) is 25.0. The van der Waals surface area contributed by atoms with Gasteiger partial charge in [0.25, 0.3) is 0 Å². The van der Waals surface area contributed by atoms with Gasteiger partial charge in [0, 0.05) is 23.3 Å². The lowest BCUT2D eigenvalue weighted by Gasteiger charge is -2.11. The second kappa shape index (κ2) is 43.8. The van der Waals surface area contributed by atoms with Crippen molar-refractivity contribution >= 4 is 33.8 Å². The van der Waals surface area contributed by atoms with Crippen molar-refractivity contribution in [3.05, 3.63) is 0 Å².